The number of benzene rings is 5. The highest BCUT2D eigenvalue weighted by atomic mass is 32.2. The third-order valence-corrected chi connectivity index (χ3v) is 8.71. The topological polar surface area (TPSA) is 106 Å². The van der Waals surface area contributed by atoms with Crippen LogP contribution in [0.4, 0.5) is 11.4 Å². The molecule has 0 fully saturated rings. The summed E-state index contributed by atoms with van der Waals surface area (Å²) in [5.74, 6) is -0.0226. The van der Waals surface area contributed by atoms with Gasteiger partial charge in [-0.05, 0) is 66.4 Å². The number of amides is 3. The lowest BCUT2D eigenvalue weighted by Crippen LogP contribution is -2.30. The third kappa shape index (κ3) is 8.39. The van der Waals surface area contributed by atoms with Gasteiger partial charge >= 0.3 is 0 Å². The van der Waals surface area contributed by atoms with E-state index in [-0.39, 0.29) is 16.9 Å². The Hall–Kier alpha value is -5.54. The average Bonchev–Trinajstić information content (AvgIpc) is 3.11. The molecule has 0 radical (unpaired) electrons. The predicted octanol–water partition coefficient (Wildman–Crippen LogP) is 7.78. The molecule has 5 aromatic rings. The number of fused-ring (bicyclic) bond motifs is 1. The summed E-state index contributed by atoms with van der Waals surface area (Å²) in [6.07, 6.45) is 2.15. The number of nitrogens with one attached hydrogen (secondary N) is 3. The van der Waals surface area contributed by atoms with Crippen molar-refractivity contribution < 1.29 is 23.9 Å². The molecule has 8 nitrogen and oxygen atoms in total. The van der Waals surface area contributed by atoms with Crippen LogP contribution in [0.25, 0.3) is 16.8 Å². The molecule has 47 heavy (non-hydrogen) atoms. The standard InChI is InChI=1S/C38H35N3O5S/c1-4-35(38(44)40-32-19-10-15-25-12-8-9-18-31(25)32)47-30-17-11-16-28(23-30)39-37(43)33(41-36(42)26-13-6-5-7-14-26)22-27-20-21-29(45-2)24-34(27)46-3/h5-24,35H,4H2,1-3H3,(H,39,43)(H,40,44)(H,41,42)/b33-22+. The van der Waals surface area contributed by atoms with Crippen molar-refractivity contribution >= 4 is 57.7 Å². The van der Waals surface area contributed by atoms with Crippen LogP contribution in [0.3, 0.4) is 0 Å². The van der Waals surface area contributed by atoms with Gasteiger partial charge in [0, 0.05) is 38.8 Å². The van der Waals surface area contributed by atoms with Crippen LogP contribution >= 0.6 is 11.8 Å². The Morgan fingerprint density at radius 1 is 0.787 bits per heavy atom. The van der Waals surface area contributed by atoms with Gasteiger partial charge in [0.25, 0.3) is 11.8 Å². The number of hydrogen-bond donors (Lipinski definition) is 3. The zero-order valence-corrected chi connectivity index (χ0v) is 27.1. The molecule has 238 valence electrons. The van der Waals surface area contributed by atoms with E-state index in [0.29, 0.717) is 34.7 Å². The Balaban J connectivity index is 1.35. The monoisotopic (exact) mass is 645 g/mol. The van der Waals surface area contributed by atoms with Gasteiger partial charge in [0.15, 0.2) is 0 Å². The number of rotatable bonds is 12. The van der Waals surface area contributed by atoms with Gasteiger partial charge in [-0.1, -0.05) is 67.6 Å². The molecule has 3 N–H and O–H groups in total. The molecule has 1 atom stereocenters. The molecule has 0 saturated carbocycles. The molecule has 5 aromatic carbocycles. The van der Waals surface area contributed by atoms with E-state index in [0.717, 1.165) is 21.4 Å². The van der Waals surface area contributed by atoms with Crippen molar-refractivity contribution in [3.63, 3.8) is 0 Å². The van der Waals surface area contributed by atoms with Gasteiger partial charge in [0.05, 0.1) is 19.5 Å². The second-order valence-electron chi connectivity index (χ2n) is 10.5. The molecule has 5 rings (SSSR count). The fourth-order valence-corrected chi connectivity index (χ4v) is 5.93. The van der Waals surface area contributed by atoms with E-state index >= 15 is 0 Å². The molecule has 0 aliphatic carbocycles. The molecule has 0 aliphatic rings. The molecule has 0 heterocycles. The summed E-state index contributed by atoms with van der Waals surface area (Å²) in [7, 11) is 3.07. The van der Waals surface area contributed by atoms with Gasteiger partial charge in [-0.2, -0.15) is 0 Å². The molecule has 0 saturated heterocycles. The fraction of sp³-hybridized carbons (Fsp3) is 0.132. The van der Waals surface area contributed by atoms with Crippen LogP contribution in [0.2, 0.25) is 0 Å². The third-order valence-electron chi connectivity index (χ3n) is 7.35. The van der Waals surface area contributed by atoms with Crippen molar-refractivity contribution in [3.8, 4) is 11.5 Å². The normalized spacial score (nSPS) is 11.8. The number of methoxy groups -OCH3 is 2. The van der Waals surface area contributed by atoms with Gasteiger partial charge < -0.3 is 25.4 Å². The lowest BCUT2D eigenvalue weighted by Gasteiger charge is -2.17. The molecule has 0 aliphatic heterocycles. The van der Waals surface area contributed by atoms with E-state index in [9.17, 15) is 14.4 Å². The van der Waals surface area contributed by atoms with E-state index in [4.69, 9.17) is 9.47 Å². The molecule has 3 amide bonds. The SMILES string of the molecule is CCC(Sc1cccc(NC(=O)/C(=C\c2ccc(OC)cc2OC)NC(=O)c2ccccc2)c1)C(=O)Nc1cccc2ccccc12. The molecule has 0 spiro atoms. The van der Waals surface area contributed by atoms with E-state index in [1.807, 2.05) is 67.6 Å². The Bertz CT molecular complexity index is 1920. The first-order valence-corrected chi connectivity index (χ1v) is 15.9. The molecular weight excluding hydrogens is 611 g/mol. The maximum Gasteiger partial charge on any atom is 0.272 e. The minimum atomic E-state index is -0.532. The van der Waals surface area contributed by atoms with Crippen molar-refractivity contribution in [2.75, 3.05) is 24.9 Å². The second-order valence-corrected chi connectivity index (χ2v) is 11.8. The fourth-order valence-electron chi connectivity index (χ4n) is 4.92. The second kappa shape index (κ2) is 15.6. The van der Waals surface area contributed by atoms with Gasteiger partial charge in [-0.3, -0.25) is 14.4 Å². The minimum absolute atomic E-state index is 0.0151. The van der Waals surface area contributed by atoms with Crippen LogP contribution in [0.15, 0.2) is 126 Å². The summed E-state index contributed by atoms with van der Waals surface area (Å²) in [4.78, 5) is 41.0. The van der Waals surface area contributed by atoms with Gasteiger partial charge in [-0.25, -0.2) is 0 Å². The summed E-state index contributed by atoms with van der Waals surface area (Å²) in [5, 5.41) is 10.4. The van der Waals surface area contributed by atoms with Crippen molar-refractivity contribution in [1.82, 2.24) is 5.32 Å². The van der Waals surface area contributed by atoms with Gasteiger partial charge in [0.2, 0.25) is 5.91 Å². The van der Waals surface area contributed by atoms with Crippen LogP contribution in [0.1, 0.15) is 29.3 Å². The van der Waals surface area contributed by atoms with E-state index in [1.54, 1.807) is 67.8 Å². The first-order chi connectivity index (χ1) is 22.9. The maximum atomic E-state index is 13.7. The first-order valence-electron chi connectivity index (χ1n) is 15.0. The summed E-state index contributed by atoms with van der Waals surface area (Å²) in [6, 6.07) is 34.8. The number of carbonyl (C=O) groups excluding carboxylic acids is 3. The van der Waals surface area contributed by atoms with Crippen LogP contribution in [-0.2, 0) is 9.59 Å². The molecule has 0 aromatic heterocycles. The largest absolute Gasteiger partial charge is 0.497 e. The predicted molar refractivity (Wildman–Crippen MR) is 189 cm³/mol. The Labute approximate surface area is 278 Å². The number of ether oxygens (including phenoxy) is 2. The highest BCUT2D eigenvalue weighted by Crippen LogP contribution is 2.31. The zero-order chi connectivity index (χ0) is 33.2. The number of hydrogen-bond acceptors (Lipinski definition) is 6. The summed E-state index contributed by atoms with van der Waals surface area (Å²) < 4.78 is 10.8. The number of thioether (sulfide) groups is 1. The van der Waals surface area contributed by atoms with E-state index in [1.165, 1.54) is 18.9 Å². The van der Waals surface area contributed by atoms with Crippen LogP contribution < -0.4 is 25.4 Å². The van der Waals surface area contributed by atoms with E-state index in [2.05, 4.69) is 16.0 Å². The number of carbonyl (C=O) groups is 3. The lowest BCUT2D eigenvalue weighted by molar-refractivity contribution is -0.116. The molecule has 0 bridgehead atoms. The highest BCUT2D eigenvalue weighted by Gasteiger charge is 2.20. The van der Waals surface area contributed by atoms with Crippen molar-refractivity contribution in [3.05, 3.63) is 132 Å². The van der Waals surface area contributed by atoms with Crippen LogP contribution in [0, 0.1) is 0 Å². The minimum Gasteiger partial charge on any atom is -0.497 e. The zero-order valence-electron chi connectivity index (χ0n) is 26.3. The molecule has 1 unspecified atom stereocenters. The quantitative estimate of drug-likeness (QED) is 0.0946. The van der Waals surface area contributed by atoms with Crippen molar-refractivity contribution in [2.45, 2.75) is 23.5 Å². The average molecular weight is 646 g/mol. The Morgan fingerprint density at radius 3 is 2.30 bits per heavy atom. The van der Waals surface area contributed by atoms with Gasteiger partial charge in [-0.15, -0.1) is 11.8 Å². The van der Waals surface area contributed by atoms with E-state index < -0.39 is 11.8 Å². The summed E-state index contributed by atoms with van der Waals surface area (Å²) in [5.41, 5.74) is 2.25. The molecule has 9 heteroatoms. The summed E-state index contributed by atoms with van der Waals surface area (Å²) >= 11 is 1.41. The lowest BCUT2D eigenvalue weighted by atomic mass is 10.1. The Kier molecular flexibility index (Phi) is 10.9. The van der Waals surface area contributed by atoms with Crippen LogP contribution in [-0.4, -0.2) is 37.2 Å². The van der Waals surface area contributed by atoms with Gasteiger partial charge in [0.1, 0.15) is 17.2 Å². The number of anilines is 2. The smallest absolute Gasteiger partial charge is 0.272 e. The van der Waals surface area contributed by atoms with Crippen molar-refractivity contribution in [2.24, 2.45) is 0 Å². The maximum absolute atomic E-state index is 13.7. The molecular formula is C38H35N3O5S. The van der Waals surface area contributed by atoms with Crippen LogP contribution in [0.5, 0.6) is 11.5 Å². The first kappa shape index (κ1) is 32.8. The van der Waals surface area contributed by atoms with Crippen molar-refractivity contribution in [1.29, 1.82) is 0 Å². The summed E-state index contributed by atoms with van der Waals surface area (Å²) in [6.45, 7) is 1.96. The highest BCUT2D eigenvalue weighted by molar-refractivity contribution is 8.00. The Morgan fingerprint density at radius 2 is 1.53 bits per heavy atom.